The summed E-state index contributed by atoms with van der Waals surface area (Å²) in [4.78, 5) is 8.58. The third-order valence-electron chi connectivity index (χ3n) is 2.49. The number of aryl methyl sites for hydroxylation is 2. The van der Waals surface area contributed by atoms with Crippen LogP contribution in [-0.2, 0) is 13.0 Å². The van der Waals surface area contributed by atoms with Crippen LogP contribution in [0.1, 0.15) is 23.7 Å². The summed E-state index contributed by atoms with van der Waals surface area (Å²) in [5, 5.41) is 6.41. The van der Waals surface area contributed by atoms with Gasteiger partial charge in [0.25, 0.3) is 0 Å². The van der Waals surface area contributed by atoms with Gasteiger partial charge in [0, 0.05) is 24.3 Å². The summed E-state index contributed by atoms with van der Waals surface area (Å²) in [6.45, 7) is 5.00. The van der Waals surface area contributed by atoms with Crippen LogP contribution in [0, 0.1) is 6.92 Å². The number of pyridine rings is 1. The van der Waals surface area contributed by atoms with E-state index in [0.717, 1.165) is 23.8 Å². The second kappa shape index (κ2) is 5.07. The quantitative estimate of drug-likeness (QED) is 0.882. The van der Waals surface area contributed by atoms with Crippen molar-refractivity contribution in [3.8, 4) is 0 Å². The lowest BCUT2D eigenvalue weighted by atomic mass is 10.2. The second-order valence-electron chi connectivity index (χ2n) is 3.65. The average Bonchev–Trinajstić information content (AvgIpc) is 2.76. The lowest BCUT2D eigenvalue weighted by Crippen LogP contribution is -2.01. The molecule has 0 atom stereocenters. The fourth-order valence-electron chi connectivity index (χ4n) is 1.40. The molecule has 84 valence electrons. The summed E-state index contributed by atoms with van der Waals surface area (Å²) in [5.41, 5.74) is 3.63. The minimum atomic E-state index is 0.788. The van der Waals surface area contributed by atoms with E-state index < -0.39 is 0 Å². The van der Waals surface area contributed by atoms with Crippen molar-refractivity contribution in [3.05, 3.63) is 40.7 Å². The second-order valence-corrected chi connectivity index (χ2v) is 4.51. The summed E-state index contributed by atoms with van der Waals surface area (Å²) >= 11 is 1.66. The molecule has 0 amide bonds. The monoisotopic (exact) mass is 233 g/mol. The van der Waals surface area contributed by atoms with E-state index in [2.05, 4.69) is 34.5 Å². The lowest BCUT2D eigenvalue weighted by molar-refractivity contribution is 1.03. The normalized spacial score (nSPS) is 10.4. The molecule has 16 heavy (non-hydrogen) atoms. The van der Waals surface area contributed by atoms with E-state index in [1.54, 1.807) is 11.3 Å². The van der Waals surface area contributed by atoms with Crippen LogP contribution in [0.5, 0.6) is 0 Å². The van der Waals surface area contributed by atoms with E-state index in [0.29, 0.717) is 0 Å². The molecule has 2 aromatic heterocycles. The van der Waals surface area contributed by atoms with Crippen LogP contribution < -0.4 is 5.32 Å². The van der Waals surface area contributed by atoms with Crippen LogP contribution in [0.25, 0.3) is 0 Å². The first kappa shape index (κ1) is 11.1. The molecule has 0 aromatic carbocycles. The van der Waals surface area contributed by atoms with Crippen LogP contribution >= 0.6 is 11.3 Å². The smallest absolute Gasteiger partial charge is 0.183 e. The molecular formula is C12H15N3S. The number of anilines is 1. The van der Waals surface area contributed by atoms with Crippen LogP contribution in [0.3, 0.4) is 0 Å². The molecule has 0 fully saturated rings. The van der Waals surface area contributed by atoms with Crippen LogP contribution in [0.2, 0.25) is 0 Å². The van der Waals surface area contributed by atoms with E-state index in [-0.39, 0.29) is 0 Å². The highest BCUT2D eigenvalue weighted by Crippen LogP contribution is 2.17. The molecule has 0 unspecified atom stereocenters. The molecular weight excluding hydrogens is 218 g/mol. The van der Waals surface area contributed by atoms with Crippen LogP contribution in [0.15, 0.2) is 23.8 Å². The lowest BCUT2D eigenvalue weighted by Gasteiger charge is -2.05. The van der Waals surface area contributed by atoms with E-state index in [1.165, 1.54) is 11.1 Å². The van der Waals surface area contributed by atoms with Gasteiger partial charge in [-0.1, -0.05) is 6.92 Å². The minimum Gasteiger partial charge on any atom is -0.357 e. The number of nitrogens with one attached hydrogen (secondary N) is 1. The zero-order valence-electron chi connectivity index (χ0n) is 9.53. The molecule has 0 aliphatic rings. The van der Waals surface area contributed by atoms with E-state index in [1.807, 2.05) is 18.5 Å². The predicted molar refractivity (Wildman–Crippen MR) is 67.8 cm³/mol. The van der Waals surface area contributed by atoms with Gasteiger partial charge in [-0.25, -0.2) is 4.98 Å². The average molecular weight is 233 g/mol. The van der Waals surface area contributed by atoms with Gasteiger partial charge >= 0.3 is 0 Å². The zero-order chi connectivity index (χ0) is 11.4. The number of rotatable bonds is 4. The summed E-state index contributed by atoms with van der Waals surface area (Å²) in [6, 6.07) is 2.02. The standard InChI is InChI=1S/C12H15N3S/c1-3-11-8-16-12(15-11)14-7-10-6-13-5-4-9(10)2/h4-6,8H,3,7H2,1-2H3,(H,14,15). The fraction of sp³-hybridized carbons (Fsp3) is 0.333. The Morgan fingerprint density at radius 2 is 2.31 bits per heavy atom. The van der Waals surface area contributed by atoms with Gasteiger partial charge in [-0.05, 0) is 30.5 Å². The van der Waals surface area contributed by atoms with Crippen LogP contribution in [0.4, 0.5) is 5.13 Å². The van der Waals surface area contributed by atoms with Gasteiger partial charge in [0.1, 0.15) is 0 Å². The molecule has 1 N–H and O–H groups in total. The predicted octanol–water partition coefficient (Wildman–Crippen LogP) is 3.02. The Balaban J connectivity index is 1.99. The number of thiazole rings is 1. The summed E-state index contributed by atoms with van der Waals surface area (Å²) in [5.74, 6) is 0. The first-order chi connectivity index (χ1) is 7.79. The van der Waals surface area contributed by atoms with Crippen molar-refractivity contribution in [2.75, 3.05) is 5.32 Å². The molecule has 4 heteroatoms. The molecule has 0 aliphatic heterocycles. The number of aromatic nitrogens is 2. The summed E-state index contributed by atoms with van der Waals surface area (Å²) < 4.78 is 0. The maximum atomic E-state index is 4.46. The number of hydrogen-bond donors (Lipinski definition) is 1. The van der Waals surface area contributed by atoms with Crippen molar-refractivity contribution in [1.29, 1.82) is 0 Å². The SMILES string of the molecule is CCc1csc(NCc2cnccc2C)n1. The summed E-state index contributed by atoms with van der Waals surface area (Å²) in [6.07, 6.45) is 4.71. The third kappa shape index (κ3) is 2.58. The Labute approximate surface area is 99.6 Å². The highest BCUT2D eigenvalue weighted by molar-refractivity contribution is 7.13. The van der Waals surface area contributed by atoms with E-state index in [9.17, 15) is 0 Å². The van der Waals surface area contributed by atoms with Gasteiger partial charge in [-0.15, -0.1) is 11.3 Å². The van der Waals surface area contributed by atoms with Gasteiger partial charge in [0.05, 0.1) is 5.69 Å². The molecule has 0 saturated carbocycles. The Hall–Kier alpha value is -1.42. The van der Waals surface area contributed by atoms with Gasteiger partial charge in [-0.3, -0.25) is 4.98 Å². The Bertz CT molecular complexity index is 465. The Kier molecular flexibility index (Phi) is 3.51. The Morgan fingerprint density at radius 1 is 1.44 bits per heavy atom. The molecule has 2 heterocycles. The molecule has 0 aliphatic carbocycles. The van der Waals surface area contributed by atoms with Crippen molar-refractivity contribution in [2.24, 2.45) is 0 Å². The van der Waals surface area contributed by atoms with Crippen molar-refractivity contribution in [1.82, 2.24) is 9.97 Å². The molecule has 2 aromatic rings. The zero-order valence-corrected chi connectivity index (χ0v) is 10.3. The highest BCUT2D eigenvalue weighted by Gasteiger charge is 2.01. The molecule has 3 nitrogen and oxygen atoms in total. The molecule has 0 bridgehead atoms. The largest absolute Gasteiger partial charge is 0.357 e. The first-order valence-corrected chi connectivity index (χ1v) is 6.25. The van der Waals surface area contributed by atoms with Crippen molar-refractivity contribution < 1.29 is 0 Å². The van der Waals surface area contributed by atoms with Gasteiger partial charge in [0.15, 0.2) is 5.13 Å². The molecule has 2 rings (SSSR count). The van der Waals surface area contributed by atoms with E-state index >= 15 is 0 Å². The third-order valence-corrected chi connectivity index (χ3v) is 3.34. The minimum absolute atomic E-state index is 0.788. The van der Waals surface area contributed by atoms with Crippen molar-refractivity contribution >= 4 is 16.5 Å². The van der Waals surface area contributed by atoms with Crippen molar-refractivity contribution in [3.63, 3.8) is 0 Å². The molecule has 0 saturated heterocycles. The summed E-state index contributed by atoms with van der Waals surface area (Å²) in [7, 11) is 0. The molecule has 0 spiro atoms. The van der Waals surface area contributed by atoms with Gasteiger partial charge in [-0.2, -0.15) is 0 Å². The van der Waals surface area contributed by atoms with Crippen molar-refractivity contribution in [2.45, 2.75) is 26.8 Å². The first-order valence-electron chi connectivity index (χ1n) is 5.37. The maximum absolute atomic E-state index is 4.46. The van der Waals surface area contributed by atoms with E-state index in [4.69, 9.17) is 0 Å². The number of hydrogen-bond acceptors (Lipinski definition) is 4. The van der Waals surface area contributed by atoms with Crippen LogP contribution in [-0.4, -0.2) is 9.97 Å². The molecule has 0 radical (unpaired) electrons. The maximum Gasteiger partial charge on any atom is 0.183 e. The Morgan fingerprint density at radius 3 is 3.00 bits per heavy atom. The highest BCUT2D eigenvalue weighted by atomic mass is 32.1. The topological polar surface area (TPSA) is 37.8 Å². The van der Waals surface area contributed by atoms with Gasteiger partial charge < -0.3 is 5.32 Å². The van der Waals surface area contributed by atoms with Gasteiger partial charge in [0.2, 0.25) is 0 Å². The fourth-order valence-corrected chi connectivity index (χ4v) is 2.20. The number of nitrogens with zero attached hydrogens (tertiary/aromatic N) is 2.